The fraction of sp³-hybridized carbons (Fsp3) is 0.393. The Hall–Kier alpha value is -2.82. The van der Waals surface area contributed by atoms with Crippen LogP contribution >= 0.6 is 0 Å². The molecule has 174 valence electrons. The smallest absolute Gasteiger partial charge is 0.135 e. The van der Waals surface area contributed by atoms with Crippen LogP contribution in [-0.2, 0) is 6.42 Å². The second-order valence-corrected chi connectivity index (χ2v) is 9.52. The number of pyridine rings is 1. The van der Waals surface area contributed by atoms with Crippen LogP contribution in [0.3, 0.4) is 0 Å². The number of hydrogen-bond donors (Lipinski definition) is 1. The highest BCUT2D eigenvalue weighted by Crippen LogP contribution is 2.39. The highest BCUT2D eigenvalue weighted by Gasteiger charge is 2.23. The number of hydrogen-bond acceptors (Lipinski definition) is 2. The normalized spacial score (nSPS) is 14.3. The predicted octanol–water partition coefficient (Wildman–Crippen LogP) is 8.00. The topological polar surface area (TPSA) is 24.9 Å². The zero-order chi connectivity index (χ0) is 23.7. The molecule has 0 aliphatic heterocycles. The van der Waals surface area contributed by atoms with Crippen LogP contribution in [0, 0.1) is 37.2 Å². The standard InChI is InChI=1S/C28H31F3N2/c1-16(2)33-24-12-11-22(15-32-24)26-18(4)27(30)25(17(3)28(26)31)21-10-9-20(23(29)14-21)13-19-7-5-6-8-19/h9-12,14-16,19H,5-8,13H2,1-4H3,(H,32,33). The van der Waals surface area contributed by atoms with Crippen molar-refractivity contribution < 1.29 is 13.2 Å². The van der Waals surface area contributed by atoms with Crippen molar-refractivity contribution in [3.63, 3.8) is 0 Å². The molecule has 1 fully saturated rings. The molecule has 1 aliphatic rings. The van der Waals surface area contributed by atoms with E-state index in [1.54, 1.807) is 44.3 Å². The van der Waals surface area contributed by atoms with Gasteiger partial charge in [-0.05, 0) is 80.5 Å². The average molecular weight is 453 g/mol. The zero-order valence-electron chi connectivity index (χ0n) is 19.7. The van der Waals surface area contributed by atoms with Crippen molar-refractivity contribution in [1.29, 1.82) is 0 Å². The van der Waals surface area contributed by atoms with Gasteiger partial charge in [0, 0.05) is 28.9 Å². The summed E-state index contributed by atoms with van der Waals surface area (Å²) in [5.74, 6) is -0.202. The van der Waals surface area contributed by atoms with Crippen LogP contribution in [0.15, 0.2) is 36.5 Å². The van der Waals surface area contributed by atoms with Gasteiger partial charge in [-0.15, -0.1) is 0 Å². The van der Waals surface area contributed by atoms with Crippen molar-refractivity contribution in [3.8, 4) is 22.3 Å². The van der Waals surface area contributed by atoms with E-state index in [-0.39, 0.29) is 34.1 Å². The third-order valence-electron chi connectivity index (χ3n) is 6.66. The summed E-state index contributed by atoms with van der Waals surface area (Å²) >= 11 is 0. The predicted molar refractivity (Wildman–Crippen MR) is 129 cm³/mol. The summed E-state index contributed by atoms with van der Waals surface area (Å²) in [4.78, 5) is 4.33. The number of aromatic nitrogens is 1. The molecule has 2 aromatic carbocycles. The molecule has 0 radical (unpaired) electrons. The van der Waals surface area contributed by atoms with Crippen molar-refractivity contribution >= 4 is 5.82 Å². The van der Waals surface area contributed by atoms with E-state index in [2.05, 4.69) is 10.3 Å². The Morgan fingerprint density at radius 1 is 0.909 bits per heavy atom. The van der Waals surface area contributed by atoms with E-state index in [0.29, 0.717) is 34.8 Å². The summed E-state index contributed by atoms with van der Waals surface area (Å²) in [6, 6.07) is 8.50. The van der Waals surface area contributed by atoms with Crippen LogP contribution < -0.4 is 5.32 Å². The fourth-order valence-corrected chi connectivity index (χ4v) is 4.93. The lowest BCUT2D eigenvalue weighted by atomic mass is 9.89. The molecule has 0 spiro atoms. The fourth-order valence-electron chi connectivity index (χ4n) is 4.93. The molecule has 0 amide bonds. The third kappa shape index (κ3) is 4.78. The van der Waals surface area contributed by atoms with Gasteiger partial charge < -0.3 is 5.32 Å². The molecular weight excluding hydrogens is 421 g/mol. The first-order valence-corrected chi connectivity index (χ1v) is 11.8. The lowest BCUT2D eigenvalue weighted by Crippen LogP contribution is -2.10. The minimum atomic E-state index is -0.531. The molecule has 5 heteroatoms. The minimum Gasteiger partial charge on any atom is -0.368 e. The van der Waals surface area contributed by atoms with E-state index in [4.69, 9.17) is 0 Å². The second kappa shape index (κ2) is 9.58. The molecule has 1 heterocycles. The maximum absolute atomic E-state index is 15.6. The molecule has 1 saturated carbocycles. The molecular formula is C28H31F3N2. The van der Waals surface area contributed by atoms with Gasteiger partial charge in [-0.2, -0.15) is 0 Å². The van der Waals surface area contributed by atoms with Crippen molar-refractivity contribution in [2.45, 2.75) is 65.8 Å². The van der Waals surface area contributed by atoms with Crippen molar-refractivity contribution in [1.82, 2.24) is 4.98 Å². The summed E-state index contributed by atoms with van der Waals surface area (Å²) in [7, 11) is 0. The van der Waals surface area contributed by atoms with Crippen LogP contribution in [0.5, 0.6) is 0 Å². The van der Waals surface area contributed by atoms with E-state index in [9.17, 15) is 4.39 Å². The lowest BCUT2D eigenvalue weighted by molar-refractivity contribution is 0.521. The molecule has 3 aromatic rings. The van der Waals surface area contributed by atoms with E-state index in [1.807, 2.05) is 13.8 Å². The molecule has 1 N–H and O–H groups in total. The molecule has 0 atom stereocenters. The van der Waals surface area contributed by atoms with Gasteiger partial charge >= 0.3 is 0 Å². The molecule has 0 unspecified atom stereocenters. The number of anilines is 1. The van der Waals surface area contributed by atoms with Crippen molar-refractivity contribution in [2.75, 3.05) is 5.32 Å². The Kier molecular flexibility index (Phi) is 6.78. The molecule has 1 aliphatic carbocycles. The first-order chi connectivity index (χ1) is 15.8. The van der Waals surface area contributed by atoms with Crippen LogP contribution in [-0.4, -0.2) is 11.0 Å². The SMILES string of the molecule is Cc1c(F)c(-c2ccc(CC3CCCC3)c(F)c2)c(C)c(F)c1-c1ccc(NC(C)C)nc1. The monoisotopic (exact) mass is 452 g/mol. The van der Waals surface area contributed by atoms with Crippen LogP contribution in [0.2, 0.25) is 0 Å². The summed E-state index contributed by atoms with van der Waals surface area (Å²) in [6.07, 6.45) is 6.91. The van der Waals surface area contributed by atoms with Gasteiger partial charge in [-0.1, -0.05) is 37.8 Å². The molecule has 0 bridgehead atoms. The van der Waals surface area contributed by atoms with E-state index in [1.165, 1.54) is 18.9 Å². The van der Waals surface area contributed by atoms with Crippen molar-refractivity contribution in [2.24, 2.45) is 5.92 Å². The number of nitrogens with one attached hydrogen (secondary N) is 1. The Bertz CT molecular complexity index is 1120. The van der Waals surface area contributed by atoms with Crippen molar-refractivity contribution in [3.05, 3.63) is 70.7 Å². The van der Waals surface area contributed by atoms with Crippen LogP contribution in [0.1, 0.15) is 56.2 Å². The molecule has 4 rings (SSSR count). The average Bonchev–Trinajstić information content (AvgIpc) is 3.28. The van der Waals surface area contributed by atoms with E-state index >= 15 is 8.78 Å². The van der Waals surface area contributed by atoms with Crippen LogP contribution in [0.25, 0.3) is 22.3 Å². The number of benzene rings is 2. The van der Waals surface area contributed by atoms with Gasteiger partial charge in [0.2, 0.25) is 0 Å². The molecule has 2 nitrogen and oxygen atoms in total. The zero-order valence-corrected chi connectivity index (χ0v) is 19.7. The highest BCUT2D eigenvalue weighted by molar-refractivity contribution is 5.78. The Morgan fingerprint density at radius 3 is 2.06 bits per heavy atom. The summed E-state index contributed by atoms with van der Waals surface area (Å²) in [6.45, 7) is 7.10. The first-order valence-electron chi connectivity index (χ1n) is 11.8. The van der Waals surface area contributed by atoms with E-state index in [0.717, 1.165) is 12.8 Å². The highest BCUT2D eigenvalue weighted by atomic mass is 19.1. The summed E-state index contributed by atoms with van der Waals surface area (Å²) in [5, 5.41) is 3.18. The number of rotatable bonds is 6. The number of nitrogens with zero attached hydrogens (tertiary/aromatic N) is 1. The quantitative estimate of drug-likeness (QED) is 0.410. The van der Waals surface area contributed by atoms with Gasteiger partial charge in [0.25, 0.3) is 0 Å². The first kappa shape index (κ1) is 23.3. The van der Waals surface area contributed by atoms with Gasteiger partial charge in [-0.25, -0.2) is 18.2 Å². The second-order valence-electron chi connectivity index (χ2n) is 9.52. The lowest BCUT2D eigenvalue weighted by Gasteiger charge is -2.18. The summed E-state index contributed by atoms with van der Waals surface area (Å²) in [5.41, 5.74) is 2.18. The Morgan fingerprint density at radius 2 is 1.52 bits per heavy atom. The molecule has 33 heavy (non-hydrogen) atoms. The maximum atomic E-state index is 15.6. The van der Waals surface area contributed by atoms with Gasteiger partial charge in [0.15, 0.2) is 0 Å². The molecule has 0 saturated heterocycles. The minimum absolute atomic E-state index is 0.117. The largest absolute Gasteiger partial charge is 0.368 e. The van der Waals surface area contributed by atoms with Gasteiger partial charge in [0.1, 0.15) is 23.3 Å². The molecule has 1 aromatic heterocycles. The Balaban J connectivity index is 1.70. The van der Waals surface area contributed by atoms with E-state index < -0.39 is 11.6 Å². The van der Waals surface area contributed by atoms with Crippen LogP contribution in [0.4, 0.5) is 19.0 Å². The third-order valence-corrected chi connectivity index (χ3v) is 6.66. The van der Waals surface area contributed by atoms with Gasteiger partial charge in [-0.3, -0.25) is 0 Å². The maximum Gasteiger partial charge on any atom is 0.135 e. The Labute approximate surface area is 194 Å². The number of halogens is 3. The van der Waals surface area contributed by atoms with Gasteiger partial charge in [0.05, 0.1) is 0 Å². The summed E-state index contributed by atoms with van der Waals surface area (Å²) < 4.78 is 46.0.